The van der Waals surface area contributed by atoms with Gasteiger partial charge in [-0.15, -0.1) is 0 Å². The Morgan fingerprint density at radius 2 is 1.86 bits per heavy atom. The molecule has 0 atom stereocenters. The molecule has 28 heavy (non-hydrogen) atoms. The zero-order valence-corrected chi connectivity index (χ0v) is 16.1. The maximum Gasteiger partial charge on any atom is 0.255 e. The van der Waals surface area contributed by atoms with Crippen molar-refractivity contribution >= 4 is 34.1 Å². The summed E-state index contributed by atoms with van der Waals surface area (Å²) in [6.45, 7) is 2.72. The molecule has 3 aromatic rings. The van der Waals surface area contributed by atoms with Crippen molar-refractivity contribution in [1.82, 2.24) is 4.57 Å². The molecule has 0 radical (unpaired) electrons. The molecule has 146 valence electrons. The van der Waals surface area contributed by atoms with Crippen LogP contribution in [0.3, 0.4) is 0 Å². The van der Waals surface area contributed by atoms with E-state index in [1.54, 1.807) is 31.4 Å². The quantitative estimate of drug-likeness (QED) is 0.656. The standard InChI is InChI=1S/C21H23N3O4/c1-14(25)22-17-6-7-20(28-3)18(13-17)23-21(26)16-5-4-15-8-9-24(10-11-27-2)19(15)12-16/h4-9,12-13H,10-11H2,1-3H3,(H,22,25)(H,23,26). The highest BCUT2D eigenvalue weighted by molar-refractivity contribution is 6.07. The first kappa shape index (κ1) is 19.4. The fourth-order valence-corrected chi connectivity index (χ4v) is 2.99. The summed E-state index contributed by atoms with van der Waals surface area (Å²) in [6.07, 6.45) is 1.98. The molecular formula is C21H23N3O4. The fourth-order valence-electron chi connectivity index (χ4n) is 2.99. The zero-order chi connectivity index (χ0) is 20.1. The van der Waals surface area contributed by atoms with Crippen LogP contribution >= 0.6 is 0 Å². The number of aromatic nitrogens is 1. The van der Waals surface area contributed by atoms with E-state index in [0.717, 1.165) is 10.9 Å². The van der Waals surface area contributed by atoms with E-state index in [2.05, 4.69) is 10.6 Å². The Morgan fingerprint density at radius 3 is 2.57 bits per heavy atom. The van der Waals surface area contributed by atoms with E-state index < -0.39 is 0 Å². The molecule has 2 N–H and O–H groups in total. The summed E-state index contributed by atoms with van der Waals surface area (Å²) < 4.78 is 12.5. The molecule has 0 saturated heterocycles. The highest BCUT2D eigenvalue weighted by atomic mass is 16.5. The van der Waals surface area contributed by atoms with Gasteiger partial charge in [-0.1, -0.05) is 6.07 Å². The second-order valence-electron chi connectivity index (χ2n) is 6.33. The van der Waals surface area contributed by atoms with Crippen molar-refractivity contribution in [1.29, 1.82) is 0 Å². The first-order valence-corrected chi connectivity index (χ1v) is 8.86. The van der Waals surface area contributed by atoms with Crippen LogP contribution in [0.15, 0.2) is 48.7 Å². The summed E-state index contributed by atoms with van der Waals surface area (Å²) in [5, 5.41) is 6.61. The molecule has 1 aromatic heterocycles. The molecule has 0 aliphatic heterocycles. The molecule has 0 spiro atoms. The fraction of sp³-hybridized carbons (Fsp3) is 0.238. The van der Waals surface area contributed by atoms with Crippen molar-refractivity contribution in [3.8, 4) is 5.75 Å². The summed E-state index contributed by atoms with van der Waals surface area (Å²) in [5.74, 6) is 0.0522. The van der Waals surface area contributed by atoms with Crippen molar-refractivity contribution in [3.05, 3.63) is 54.2 Å². The maximum absolute atomic E-state index is 12.8. The molecule has 0 aliphatic rings. The minimum Gasteiger partial charge on any atom is -0.495 e. The Kier molecular flexibility index (Phi) is 5.96. The van der Waals surface area contributed by atoms with Gasteiger partial charge in [-0.2, -0.15) is 0 Å². The monoisotopic (exact) mass is 381 g/mol. The predicted molar refractivity (Wildman–Crippen MR) is 109 cm³/mol. The van der Waals surface area contributed by atoms with E-state index in [9.17, 15) is 9.59 Å². The van der Waals surface area contributed by atoms with Crippen molar-refractivity contribution in [2.75, 3.05) is 31.5 Å². The Bertz CT molecular complexity index is 1010. The third-order valence-electron chi connectivity index (χ3n) is 4.34. The molecule has 3 rings (SSSR count). The summed E-state index contributed by atoms with van der Waals surface area (Å²) in [4.78, 5) is 24.1. The van der Waals surface area contributed by atoms with Gasteiger partial charge in [0.2, 0.25) is 5.91 Å². The summed E-state index contributed by atoms with van der Waals surface area (Å²) >= 11 is 0. The van der Waals surface area contributed by atoms with Gasteiger partial charge < -0.3 is 24.7 Å². The number of hydrogen-bond acceptors (Lipinski definition) is 4. The largest absolute Gasteiger partial charge is 0.495 e. The highest BCUT2D eigenvalue weighted by Crippen LogP contribution is 2.28. The van der Waals surface area contributed by atoms with E-state index in [1.807, 2.05) is 29.0 Å². The van der Waals surface area contributed by atoms with Crippen LogP contribution in [0.2, 0.25) is 0 Å². The zero-order valence-electron chi connectivity index (χ0n) is 16.1. The van der Waals surface area contributed by atoms with E-state index in [-0.39, 0.29) is 11.8 Å². The topological polar surface area (TPSA) is 81.6 Å². The first-order chi connectivity index (χ1) is 13.5. The van der Waals surface area contributed by atoms with Gasteiger partial charge in [-0.3, -0.25) is 9.59 Å². The van der Waals surface area contributed by atoms with E-state index in [0.29, 0.717) is 35.8 Å². The SMILES string of the molecule is COCCn1ccc2ccc(C(=O)Nc3cc(NC(C)=O)ccc3OC)cc21. The smallest absolute Gasteiger partial charge is 0.255 e. The maximum atomic E-state index is 12.8. The molecule has 2 amide bonds. The number of carbonyl (C=O) groups is 2. The van der Waals surface area contributed by atoms with Crippen LogP contribution in [-0.4, -0.2) is 37.2 Å². The van der Waals surface area contributed by atoms with Gasteiger partial charge in [0.1, 0.15) is 5.75 Å². The molecule has 1 heterocycles. The molecule has 0 unspecified atom stereocenters. The van der Waals surface area contributed by atoms with Crippen LogP contribution in [0, 0.1) is 0 Å². The Morgan fingerprint density at radius 1 is 1.04 bits per heavy atom. The lowest BCUT2D eigenvalue weighted by atomic mass is 10.1. The van der Waals surface area contributed by atoms with Crippen molar-refractivity contribution < 1.29 is 19.1 Å². The second-order valence-corrected chi connectivity index (χ2v) is 6.33. The molecule has 2 aromatic carbocycles. The Hall–Kier alpha value is -3.32. The minimum atomic E-state index is -0.264. The van der Waals surface area contributed by atoms with Gasteiger partial charge in [0.25, 0.3) is 5.91 Å². The number of methoxy groups -OCH3 is 2. The van der Waals surface area contributed by atoms with Crippen LogP contribution in [0.1, 0.15) is 17.3 Å². The highest BCUT2D eigenvalue weighted by Gasteiger charge is 2.13. The van der Waals surface area contributed by atoms with Crippen molar-refractivity contribution in [3.63, 3.8) is 0 Å². The summed E-state index contributed by atoms with van der Waals surface area (Å²) in [5.41, 5.74) is 2.54. The lowest BCUT2D eigenvalue weighted by Crippen LogP contribution is -2.14. The lowest BCUT2D eigenvalue weighted by Gasteiger charge is -2.13. The number of nitrogens with one attached hydrogen (secondary N) is 2. The van der Waals surface area contributed by atoms with Crippen molar-refractivity contribution in [2.24, 2.45) is 0 Å². The Balaban J connectivity index is 1.87. The number of hydrogen-bond donors (Lipinski definition) is 2. The van der Waals surface area contributed by atoms with Gasteiger partial charge in [0.05, 0.1) is 19.4 Å². The van der Waals surface area contributed by atoms with Crippen molar-refractivity contribution in [2.45, 2.75) is 13.5 Å². The minimum absolute atomic E-state index is 0.190. The number of carbonyl (C=O) groups excluding carboxylic acids is 2. The number of fused-ring (bicyclic) bond motifs is 1. The number of nitrogens with zero attached hydrogens (tertiary/aromatic N) is 1. The Labute approximate surface area is 163 Å². The number of amides is 2. The average Bonchev–Trinajstić information content (AvgIpc) is 3.08. The third-order valence-corrected chi connectivity index (χ3v) is 4.34. The van der Waals surface area contributed by atoms with Gasteiger partial charge in [-0.25, -0.2) is 0 Å². The normalized spacial score (nSPS) is 10.7. The second kappa shape index (κ2) is 8.58. The van der Waals surface area contributed by atoms with Crippen LogP contribution in [0.4, 0.5) is 11.4 Å². The average molecular weight is 381 g/mol. The molecular weight excluding hydrogens is 358 g/mol. The van der Waals surface area contributed by atoms with Gasteiger partial charge >= 0.3 is 0 Å². The molecule has 7 heteroatoms. The number of ether oxygens (including phenoxy) is 2. The third kappa shape index (κ3) is 4.32. The summed E-state index contributed by atoms with van der Waals surface area (Å²) in [6, 6.07) is 12.6. The van der Waals surface area contributed by atoms with E-state index >= 15 is 0 Å². The van der Waals surface area contributed by atoms with Gasteiger partial charge in [-0.05, 0) is 41.8 Å². The predicted octanol–water partition coefficient (Wildman–Crippen LogP) is 3.51. The lowest BCUT2D eigenvalue weighted by molar-refractivity contribution is -0.114. The molecule has 7 nitrogen and oxygen atoms in total. The first-order valence-electron chi connectivity index (χ1n) is 8.86. The number of rotatable bonds is 7. The molecule has 0 bridgehead atoms. The van der Waals surface area contributed by atoms with Gasteiger partial charge in [0, 0.05) is 43.5 Å². The number of benzene rings is 2. The van der Waals surface area contributed by atoms with Crippen LogP contribution in [-0.2, 0) is 16.1 Å². The molecule has 0 fully saturated rings. The number of anilines is 2. The summed E-state index contributed by atoms with van der Waals surface area (Å²) in [7, 11) is 3.19. The van der Waals surface area contributed by atoms with Crippen LogP contribution in [0.5, 0.6) is 5.75 Å². The molecule has 0 aliphatic carbocycles. The van der Waals surface area contributed by atoms with Gasteiger partial charge in [0.15, 0.2) is 0 Å². The molecule has 0 saturated carbocycles. The van der Waals surface area contributed by atoms with E-state index in [1.165, 1.54) is 14.0 Å². The van der Waals surface area contributed by atoms with E-state index in [4.69, 9.17) is 9.47 Å². The van der Waals surface area contributed by atoms with Crippen LogP contribution < -0.4 is 15.4 Å². The van der Waals surface area contributed by atoms with Crippen LogP contribution in [0.25, 0.3) is 10.9 Å².